The summed E-state index contributed by atoms with van der Waals surface area (Å²) in [4.78, 5) is 0. The zero-order chi connectivity index (χ0) is 3.41. The Hall–Kier alpha value is -0.120. The topological polar surface area (TPSA) is 63.8 Å². The van der Waals surface area contributed by atoms with Crippen LogP contribution in [0.25, 0.3) is 0 Å². The Bertz CT molecular complexity index is 9.61. The van der Waals surface area contributed by atoms with Crippen LogP contribution >= 0.6 is 0 Å². The first kappa shape index (κ1) is 8.86. The standard InChI is InChI=1S/C2H7NO.H2O/c1-3-2-4;/h3-4H,2H2,1H3;1H2. The summed E-state index contributed by atoms with van der Waals surface area (Å²) in [6, 6.07) is 0. The van der Waals surface area contributed by atoms with Gasteiger partial charge >= 0.3 is 0 Å². The van der Waals surface area contributed by atoms with E-state index in [2.05, 4.69) is 5.32 Å². The third kappa shape index (κ3) is 17.7. The minimum absolute atomic E-state index is 0. The SMILES string of the molecule is CNCO.O. The van der Waals surface area contributed by atoms with Gasteiger partial charge in [0.1, 0.15) is 0 Å². The molecule has 0 aromatic heterocycles. The van der Waals surface area contributed by atoms with Crippen molar-refractivity contribution in [3.05, 3.63) is 0 Å². The van der Waals surface area contributed by atoms with Crippen LogP contribution in [-0.4, -0.2) is 24.4 Å². The maximum absolute atomic E-state index is 7.76. The fraction of sp³-hybridized carbons (Fsp3) is 1.00. The molecule has 4 N–H and O–H groups in total. The van der Waals surface area contributed by atoms with Crippen LogP contribution < -0.4 is 5.32 Å². The molecule has 0 aromatic carbocycles. The quantitative estimate of drug-likeness (QED) is 0.369. The van der Waals surface area contributed by atoms with E-state index in [1.807, 2.05) is 0 Å². The second kappa shape index (κ2) is 9.11. The molecular formula is C2H9NO2. The first-order valence-electron chi connectivity index (χ1n) is 1.17. The molecule has 3 heteroatoms. The molecule has 0 amide bonds. The van der Waals surface area contributed by atoms with Crippen LogP contribution in [0, 0.1) is 0 Å². The maximum atomic E-state index is 7.76. The van der Waals surface area contributed by atoms with Crippen molar-refractivity contribution in [2.75, 3.05) is 13.8 Å². The molecular weight excluding hydrogens is 70.0 g/mol. The number of aliphatic hydroxyl groups is 1. The van der Waals surface area contributed by atoms with E-state index in [9.17, 15) is 0 Å². The van der Waals surface area contributed by atoms with Gasteiger partial charge in [0.15, 0.2) is 0 Å². The van der Waals surface area contributed by atoms with Gasteiger partial charge in [0.2, 0.25) is 0 Å². The van der Waals surface area contributed by atoms with E-state index < -0.39 is 0 Å². The Labute approximate surface area is 30.9 Å². The van der Waals surface area contributed by atoms with Crippen molar-refractivity contribution < 1.29 is 10.6 Å². The van der Waals surface area contributed by atoms with Crippen LogP contribution in [0.4, 0.5) is 0 Å². The highest BCUT2D eigenvalue weighted by molar-refractivity contribution is 4.02. The van der Waals surface area contributed by atoms with E-state index in [4.69, 9.17) is 5.11 Å². The summed E-state index contributed by atoms with van der Waals surface area (Å²) < 4.78 is 0. The lowest BCUT2D eigenvalue weighted by molar-refractivity contribution is 0.273. The second-order valence-electron chi connectivity index (χ2n) is 0.512. The fourth-order valence-electron chi connectivity index (χ4n) is 0. The fourth-order valence-corrected chi connectivity index (χ4v) is 0. The molecule has 5 heavy (non-hydrogen) atoms. The Balaban J connectivity index is 0. The molecule has 0 aromatic rings. The van der Waals surface area contributed by atoms with Gasteiger partial charge < -0.3 is 10.6 Å². The molecule has 0 heterocycles. The minimum Gasteiger partial charge on any atom is -0.412 e. The number of rotatable bonds is 1. The van der Waals surface area contributed by atoms with E-state index >= 15 is 0 Å². The zero-order valence-corrected chi connectivity index (χ0v) is 3.15. The monoisotopic (exact) mass is 79.1 g/mol. The van der Waals surface area contributed by atoms with Crippen molar-refractivity contribution in [3.8, 4) is 0 Å². The summed E-state index contributed by atoms with van der Waals surface area (Å²) in [5.41, 5.74) is 0. The average molecular weight is 79.1 g/mol. The molecule has 0 aliphatic heterocycles. The molecule has 0 saturated carbocycles. The maximum Gasteiger partial charge on any atom is 0.0929 e. The van der Waals surface area contributed by atoms with Crippen molar-refractivity contribution in [2.24, 2.45) is 0 Å². The van der Waals surface area contributed by atoms with Gasteiger partial charge in [-0.15, -0.1) is 0 Å². The van der Waals surface area contributed by atoms with Gasteiger partial charge in [-0.3, -0.25) is 5.32 Å². The summed E-state index contributed by atoms with van der Waals surface area (Å²) in [7, 11) is 1.68. The molecule has 0 aliphatic rings. The highest BCUT2D eigenvalue weighted by Crippen LogP contribution is 1.24. The molecule has 0 aliphatic carbocycles. The molecule has 0 radical (unpaired) electrons. The van der Waals surface area contributed by atoms with Gasteiger partial charge in [-0.2, -0.15) is 0 Å². The first-order valence-corrected chi connectivity index (χ1v) is 1.17. The summed E-state index contributed by atoms with van der Waals surface area (Å²) >= 11 is 0. The van der Waals surface area contributed by atoms with Gasteiger partial charge in [-0.25, -0.2) is 0 Å². The smallest absolute Gasteiger partial charge is 0.0929 e. The molecule has 0 fully saturated rings. The molecule has 0 rings (SSSR count). The van der Waals surface area contributed by atoms with Crippen molar-refractivity contribution in [2.45, 2.75) is 0 Å². The van der Waals surface area contributed by atoms with Crippen LogP contribution in [0.5, 0.6) is 0 Å². The van der Waals surface area contributed by atoms with Crippen LogP contribution in [0.15, 0.2) is 0 Å². The second-order valence-corrected chi connectivity index (χ2v) is 0.512. The minimum atomic E-state index is 0. The van der Waals surface area contributed by atoms with Crippen LogP contribution in [-0.2, 0) is 0 Å². The van der Waals surface area contributed by atoms with Crippen LogP contribution in [0.2, 0.25) is 0 Å². The van der Waals surface area contributed by atoms with E-state index in [0.717, 1.165) is 0 Å². The van der Waals surface area contributed by atoms with E-state index in [0.29, 0.717) is 0 Å². The van der Waals surface area contributed by atoms with Gasteiger partial charge in [0, 0.05) is 0 Å². The summed E-state index contributed by atoms with van der Waals surface area (Å²) in [5, 5.41) is 10.2. The van der Waals surface area contributed by atoms with Gasteiger partial charge in [-0.1, -0.05) is 0 Å². The van der Waals surface area contributed by atoms with Gasteiger partial charge in [-0.05, 0) is 7.05 Å². The largest absolute Gasteiger partial charge is 0.412 e. The molecule has 0 bridgehead atoms. The van der Waals surface area contributed by atoms with E-state index in [1.54, 1.807) is 7.05 Å². The lowest BCUT2D eigenvalue weighted by Gasteiger charge is -1.76. The normalized spacial score (nSPS) is 6.00. The van der Waals surface area contributed by atoms with E-state index in [1.165, 1.54) is 0 Å². The van der Waals surface area contributed by atoms with Gasteiger partial charge in [0.05, 0.1) is 6.73 Å². The summed E-state index contributed by atoms with van der Waals surface area (Å²) in [5.74, 6) is 0. The Kier molecular flexibility index (Phi) is 16.1. The van der Waals surface area contributed by atoms with Crippen molar-refractivity contribution in [1.82, 2.24) is 5.32 Å². The Morgan fingerprint density at radius 3 is 2.00 bits per heavy atom. The molecule has 3 nitrogen and oxygen atoms in total. The molecule has 34 valence electrons. The molecule has 0 unspecified atom stereocenters. The highest BCUT2D eigenvalue weighted by atomic mass is 16.3. The predicted molar refractivity (Wildman–Crippen MR) is 19.8 cm³/mol. The van der Waals surface area contributed by atoms with Crippen molar-refractivity contribution in [3.63, 3.8) is 0 Å². The highest BCUT2D eigenvalue weighted by Gasteiger charge is 1.50. The number of hydrogen-bond donors (Lipinski definition) is 2. The third-order valence-corrected chi connectivity index (χ3v) is 0.158. The van der Waals surface area contributed by atoms with Crippen molar-refractivity contribution >= 4 is 0 Å². The molecule has 0 spiro atoms. The third-order valence-electron chi connectivity index (χ3n) is 0.158. The summed E-state index contributed by atoms with van der Waals surface area (Å²) in [6.07, 6.45) is 0. The van der Waals surface area contributed by atoms with E-state index in [-0.39, 0.29) is 12.2 Å². The van der Waals surface area contributed by atoms with Crippen molar-refractivity contribution in [1.29, 1.82) is 0 Å². The zero-order valence-electron chi connectivity index (χ0n) is 3.15. The molecule has 0 atom stereocenters. The first-order chi connectivity index (χ1) is 1.91. The van der Waals surface area contributed by atoms with Crippen LogP contribution in [0.3, 0.4) is 0 Å². The number of aliphatic hydroxyl groups excluding tert-OH is 1. The Morgan fingerprint density at radius 2 is 2.00 bits per heavy atom. The van der Waals surface area contributed by atoms with Gasteiger partial charge in [0.25, 0.3) is 0 Å². The number of nitrogens with one attached hydrogen (secondary N) is 1. The lowest BCUT2D eigenvalue weighted by Crippen LogP contribution is -2.04. The van der Waals surface area contributed by atoms with Crippen LogP contribution in [0.1, 0.15) is 0 Å². The Morgan fingerprint density at radius 1 is 1.80 bits per heavy atom. The predicted octanol–water partition coefficient (Wildman–Crippen LogP) is -1.67. The lowest BCUT2D eigenvalue weighted by atomic mass is 11.2. The number of hydrogen-bond acceptors (Lipinski definition) is 2. The molecule has 0 saturated heterocycles. The average Bonchev–Trinajstić information content (AvgIpc) is 1.37. The summed E-state index contributed by atoms with van der Waals surface area (Å²) in [6.45, 7) is 0.0694.